The van der Waals surface area contributed by atoms with Crippen LogP contribution in [-0.2, 0) is 19.3 Å². The lowest BCUT2D eigenvalue weighted by Gasteiger charge is -2.21. The van der Waals surface area contributed by atoms with Gasteiger partial charge in [-0.25, -0.2) is 4.39 Å². The van der Waals surface area contributed by atoms with Crippen LogP contribution in [-0.4, -0.2) is 18.5 Å². The van der Waals surface area contributed by atoms with E-state index < -0.39 is 5.82 Å². The first kappa shape index (κ1) is 20.4. The first-order valence-corrected chi connectivity index (χ1v) is 10.6. The summed E-state index contributed by atoms with van der Waals surface area (Å²) in [5.41, 5.74) is 13.1. The molecule has 0 radical (unpaired) electrons. The fourth-order valence-corrected chi connectivity index (χ4v) is 4.22. The molecule has 0 saturated carbocycles. The van der Waals surface area contributed by atoms with Crippen LogP contribution in [0.5, 0.6) is 0 Å². The van der Waals surface area contributed by atoms with Crippen molar-refractivity contribution in [3.05, 3.63) is 93.8 Å². The number of rotatable bonds is 3. The van der Waals surface area contributed by atoms with Crippen molar-refractivity contribution in [2.75, 3.05) is 6.54 Å². The van der Waals surface area contributed by atoms with Crippen molar-refractivity contribution in [1.82, 2.24) is 5.32 Å². The average molecular weight is 422 g/mol. The SMILES string of the molecule is Cc1cc(-c2ccc(F)c(Cl)c2)ccc1CC1Cc2ccccc2CCN=C(N)N1. The number of hydrogen-bond acceptors (Lipinski definition) is 3. The van der Waals surface area contributed by atoms with Crippen molar-refractivity contribution in [2.24, 2.45) is 10.7 Å². The molecular weight excluding hydrogens is 397 g/mol. The second-order valence-electron chi connectivity index (χ2n) is 7.81. The lowest BCUT2D eigenvalue weighted by molar-refractivity contribution is 0.595. The molecule has 4 rings (SSSR count). The van der Waals surface area contributed by atoms with Crippen LogP contribution in [0.25, 0.3) is 11.1 Å². The van der Waals surface area contributed by atoms with Gasteiger partial charge in [0.05, 0.1) is 5.02 Å². The van der Waals surface area contributed by atoms with Gasteiger partial charge in [-0.1, -0.05) is 60.1 Å². The van der Waals surface area contributed by atoms with Crippen molar-refractivity contribution in [3.8, 4) is 11.1 Å². The minimum Gasteiger partial charge on any atom is -0.370 e. The van der Waals surface area contributed by atoms with E-state index in [0.717, 1.165) is 30.4 Å². The highest BCUT2D eigenvalue weighted by Crippen LogP contribution is 2.27. The molecular formula is C25H25ClFN3. The number of aliphatic imine (C=N–C) groups is 1. The second-order valence-corrected chi connectivity index (χ2v) is 8.21. The highest BCUT2D eigenvalue weighted by molar-refractivity contribution is 6.31. The van der Waals surface area contributed by atoms with Gasteiger partial charge in [0.1, 0.15) is 5.82 Å². The molecule has 0 aliphatic carbocycles. The van der Waals surface area contributed by atoms with E-state index in [1.807, 2.05) is 0 Å². The van der Waals surface area contributed by atoms with Gasteiger partial charge in [0.2, 0.25) is 0 Å². The minimum absolute atomic E-state index is 0.137. The van der Waals surface area contributed by atoms with Crippen LogP contribution in [0.2, 0.25) is 5.02 Å². The Bertz CT molecular complexity index is 1090. The molecule has 1 atom stereocenters. The molecule has 0 fully saturated rings. The van der Waals surface area contributed by atoms with E-state index in [9.17, 15) is 4.39 Å². The van der Waals surface area contributed by atoms with Crippen molar-refractivity contribution in [2.45, 2.75) is 32.2 Å². The lowest BCUT2D eigenvalue weighted by Crippen LogP contribution is -2.42. The fourth-order valence-electron chi connectivity index (χ4n) is 4.04. The van der Waals surface area contributed by atoms with E-state index in [-0.39, 0.29) is 11.1 Å². The molecule has 3 aromatic rings. The van der Waals surface area contributed by atoms with Crippen LogP contribution < -0.4 is 11.1 Å². The molecule has 3 aromatic carbocycles. The van der Waals surface area contributed by atoms with Gasteiger partial charge in [-0.05, 0) is 71.7 Å². The fraction of sp³-hybridized carbons (Fsp3) is 0.240. The van der Waals surface area contributed by atoms with Gasteiger partial charge in [0.25, 0.3) is 0 Å². The first-order valence-electron chi connectivity index (χ1n) is 10.2. The van der Waals surface area contributed by atoms with Crippen LogP contribution in [0.15, 0.2) is 65.7 Å². The maximum atomic E-state index is 13.5. The largest absolute Gasteiger partial charge is 0.370 e. The summed E-state index contributed by atoms with van der Waals surface area (Å²) < 4.78 is 13.5. The van der Waals surface area contributed by atoms with E-state index in [4.69, 9.17) is 17.3 Å². The van der Waals surface area contributed by atoms with E-state index in [0.29, 0.717) is 12.5 Å². The van der Waals surface area contributed by atoms with E-state index in [1.165, 1.54) is 28.3 Å². The highest BCUT2D eigenvalue weighted by Gasteiger charge is 2.17. The Morgan fingerprint density at radius 3 is 2.57 bits per heavy atom. The summed E-state index contributed by atoms with van der Waals surface area (Å²) in [7, 11) is 0. The summed E-state index contributed by atoms with van der Waals surface area (Å²) in [6.45, 7) is 2.79. The lowest BCUT2D eigenvalue weighted by atomic mass is 9.92. The molecule has 154 valence electrons. The first-order chi connectivity index (χ1) is 14.5. The molecule has 0 saturated heterocycles. The molecule has 1 aliphatic heterocycles. The number of nitrogens with two attached hydrogens (primary N) is 1. The summed E-state index contributed by atoms with van der Waals surface area (Å²) in [4.78, 5) is 4.47. The Kier molecular flexibility index (Phi) is 6.05. The Balaban J connectivity index is 1.59. The van der Waals surface area contributed by atoms with Crippen LogP contribution in [0.3, 0.4) is 0 Å². The number of fused-ring (bicyclic) bond motifs is 1. The third kappa shape index (κ3) is 4.65. The number of benzene rings is 3. The van der Waals surface area contributed by atoms with E-state index in [1.54, 1.807) is 12.1 Å². The van der Waals surface area contributed by atoms with Crippen LogP contribution in [0.1, 0.15) is 22.3 Å². The Morgan fingerprint density at radius 1 is 1.07 bits per heavy atom. The summed E-state index contributed by atoms with van der Waals surface area (Å²) in [6, 6.07) is 19.8. The van der Waals surface area contributed by atoms with Crippen molar-refractivity contribution in [1.29, 1.82) is 0 Å². The monoisotopic (exact) mass is 421 g/mol. The maximum Gasteiger partial charge on any atom is 0.188 e. The van der Waals surface area contributed by atoms with Crippen LogP contribution in [0, 0.1) is 12.7 Å². The van der Waals surface area contributed by atoms with Gasteiger partial charge in [0, 0.05) is 12.6 Å². The zero-order valence-corrected chi connectivity index (χ0v) is 17.7. The Hall–Kier alpha value is -2.85. The van der Waals surface area contributed by atoms with Gasteiger partial charge in [0.15, 0.2) is 5.96 Å². The summed E-state index contributed by atoms with van der Waals surface area (Å²) >= 11 is 5.95. The van der Waals surface area contributed by atoms with Gasteiger partial charge in [-0.15, -0.1) is 0 Å². The summed E-state index contributed by atoms with van der Waals surface area (Å²) in [5.74, 6) is 0.0996. The third-order valence-corrected chi connectivity index (χ3v) is 5.95. The maximum absolute atomic E-state index is 13.5. The van der Waals surface area contributed by atoms with Gasteiger partial charge >= 0.3 is 0 Å². The highest BCUT2D eigenvalue weighted by atomic mass is 35.5. The Labute approximate surface area is 181 Å². The van der Waals surface area contributed by atoms with Crippen molar-refractivity contribution >= 4 is 17.6 Å². The van der Waals surface area contributed by atoms with Gasteiger partial charge in [-0.3, -0.25) is 4.99 Å². The molecule has 1 heterocycles. The molecule has 0 aromatic heterocycles. The predicted molar refractivity (Wildman–Crippen MR) is 123 cm³/mol. The number of halogens is 2. The molecule has 3 N–H and O–H groups in total. The minimum atomic E-state index is -0.403. The molecule has 5 heteroatoms. The van der Waals surface area contributed by atoms with Crippen LogP contribution in [0.4, 0.5) is 4.39 Å². The number of hydrogen-bond donors (Lipinski definition) is 2. The quantitative estimate of drug-likeness (QED) is 0.620. The van der Waals surface area contributed by atoms with Gasteiger partial charge in [-0.2, -0.15) is 0 Å². The summed E-state index contributed by atoms with van der Waals surface area (Å²) in [5, 5.41) is 3.54. The number of nitrogens with zero attached hydrogens (tertiary/aromatic N) is 1. The van der Waals surface area contributed by atoms with Gasteiger partial charge < -0.3 is 11.1 Å². The molecule has 0 amide bonds. The number of guanidine groups is 1. The predicted octanol–water partition coefficient (Wildman–Crippen LogP) is 5.07. The van der Waals surface area contributed by atoms with E-state index in [2.05, 4.69) is 59.7 Å². The zero-order valence-electron chi connectivity index (χ0n) is 17.0. The zero-order chi connectivity index (χ0) is 21.1. The van der Waals surface area contributed by atoms with Crippen molar-refractivity contribution < 1.29 is 4.39 Å². The Morgan fingerprint density at radius 2 is 1.80 bits per heavy atom. The van der Waals surface area contributed by atoms with Crippen molar-refractivity contribution in [3.63, 3.8) is 0 Å². The smallest absolute Gasteiger partial charge is 0.188 e. The van der Waals surface area contributed by atoms with Crippen LogP contribution >= 0.6 is 11.6 Å². The molecule has 3 nitrogen and oxygen atoms in total. The third-order valence-electron chi connectivity index (χ3n) is 5.66. The summed E-state index contributed by atoms with van der Waals surface area (Å²) in [6.07, 6.45) is 2.63. The molecule has 0 spiro atoms. The topological polar surface area (TPSA) is 50.4 Å². The van der Waals surface area contributed by atoms with E-state index >= 15 is 0 Å². The number of nitrogens with one attached hydrogen (secondary N) is 1. The molecule has 1 unspecified atom stereocenters. The molecule has 0 bridgehead atoms. The average Bonchev–Trinajstić information content (AvgIpc) is 2.79. The normalized spacial score (nSPS) is 16.5. The number of aryl methyl sites for hydroxylation is 1. The molecule has 1 aliphatic rings. The second kappa shape index (κ2) is 8.88. The molecule has 30 heavy (non-hydrogen) atoms. The standard InChI is InChI=1S/C25H25ClFN3/c1-16-12-20(21-8-9-24(27)23(26)15-21)7-6-18(16)13-22-14-19-5-3-2-4-17(19)10-11-29-25(28)30-22/h2-9,12,15,22H,10-11,13-14H2,1H3,(H3,28,29,30).